The van der Waals surface area contributed by atoms with Gasteiger partial charge in [0, 0.05) is 11.1 Å². The number of nitrogens with zero attached hydrogens (tertiary/aromatic N) is 2. The van der Waals surface area contributed by atoms with Crippen molar-refractivity contribution in [2.24, 2.45) is 0 Å². The molecule has 0 aliphatic heterocycles. The number of rotatable bonds is 3. The van der Waals surface area contributed by atoms with E-state index >= 15 is 0 Å². The summed E-state index contributed by atoms with van der Waals surface area (Å²) < 4.78 is 18.2. The Morgan fingerprint density at radius 1 is 1.18 bits per heavy atom. The van der Waals surface area contributed by atoms with Crippen LogP contribution in [0.1, 0.15) is 10.4 Å². The zero-order valence-electron chi connectivity index (χ0n) is 11.0. The van der Waals surface area contributed by atoms with Gasteiger partial charge >= 0.3 is 5.97 Å². The minimum Gasteiger partial charge on any atom is -0.508 e. The highest BCUT2D eigenvalue weighted by atomic mass is 19.1. The predicted molar refractivity (Wildman–Crippen MR) is 73.8 cm³/mol. The number of carbonyl (C=O) groups is 1. The number of carboxylic acids is 1. The van der Waals surface area contributed by atoms with Gasteiger partial charge in [0.1, 0.15) is 11.6 Å². The molecule has 0 fully saturated rings. The highest BCUT2D eigenvalue weighted by Crippen LogP contribution is 2.28. The zero-order valence-corrected chi connectivity index (χ0v) is 11.0. The summed E-state index contributed by atoms with van der Waals surface area (Å²) in [6.07, 6.45) is 0. The van der Waals surface area contributed by atoms with Crippen LogP contribution >= 0.6 is 0 Å². The van der Waals surface area contributed by atoms with Crippen molar-refractivity contribution in [3.8, 4) is 28.6 Å². The standard InChI is InChI=1S/C15H9FN2O4/c16-9-3-1-2-8(6-9)14-17-13(18-22-14)12-7-10(19)4-5-11(12)15(20)21/h1-7,19H,(H,20,21). The quantitative estimate of drug-likeness (QED) is 0.772. The van der Waals surface area contributed by atoms with Crippen molar-refractivity contribution < 1.29 is 23.9 Å². The number of carboxylic acid groups (broad SMARTS) is 1. The summed E-state index contributed by atoms with van der Waals surface area (Å²) in [6.45, 7) is 0. The van der Waals surface area contributed by atoms with Crippen LogP contribution in [0.5, 0.6) is 5.75 Å². The van der Waals surface area contributed by atoms with Gasteiger partial charge in [-0.15, -0.1) is 0 Å². The predicted octanol–water partition coefficient (Wildman–Crippen LogP) is 2.95. The fourth-order valence-electron chi connectivity index (χ4n) is 1.98. The Hall–Kier alpha value is -3.22. The highest BCUT2D eigenvalue weighted by molar-refractivity contribution is 5.95. The van der Waals surface area contributed by atoms with Crippen LogP contribution in [0, 0.1) is 5.82 Å². The lowest BCUT2D eigenvalue weighted by Gasteiger charge is -2.01. The molecule has 110 valence electrons. The van der Waals surface area contributed by atoms with E-state index in [2.05, 4.69) is 10.1 Å². The molecule has 0 bridgehead atoms. The van der Waals surface area contributed by atoms with Gasteiger partial charge in [-0.05, 0) is 36.4 Å². The molecule has 1 aromatic heterocycles. The van der Waals surface area contributed by atoms with Crippen molar-refractivity contribution in [3.63, 3.8) is 0 Å². The van der Waals surface area contributed by atoms with Gasteiger partial charge in [0.2, 0.25) is 5.82 Å². The van der Waals surface area contributed by atoms with E-state index in [1.165, 1.54) is 36.4 Å². The lowest BCUT2D eigenvalue weighted by Crippen LogP contribution is -2.00. The van der Waals surface area contributed by atoms with Gasteiger partial charge in [-0.2, -0.15) is 4.98 Å². The molecule has 2 aromatic carbocycles. The number of hydrogen-bond acceptors (Lipinski definition) is 5. The number of aromatic carboxylic acids is 1. The second-order valence-corrected chi connectivity index (χ2v) is 4.47. The molecule has 0 atom stereocenters. The third-order valence-corrected chi connectivity index (χ3v) is 2.97. The first-order valence-corrected chi connectivity index (χ1v) is 6.21. The average molecular weight is 300 g/mol. The van der Waals surface area contributed by atoms with E-state index in [4.69, 9.17) is 9.63 Å². The molecule has 22 heavy (non-hydrogen) atoms. The van der Waals surface area contributed by atoms with Crippen LogP contribution in [0.4, 0.5) is 4.39 Å². The highest BCUT2D eigenvalue weighted by Gasteiger charge is 2.18. The van der Waals surface area contributed by atoms with Crippen LogP contribution in [-0.2, 0) is 0 Å². The molecule has 0 aliphatic rings. The number of phenols is 1. The zero-order chi connectivity index (χ0) is 15.7. The van der Waals surface area contributed by atoms with E-state index in [9.17, 15) is 14.3 Å². The van der Waals surface area contributed by atoms with Gasteiger partial charge in [-0.3, -0.25) is 0 Å². The first kappa shape index (κ1) is 13.7. The maximum Gasteiger partial charge on any atom is 0.336 e. The minimum absolute atomic E-state index is 0.00689. The van der Waals surface area contributed by atoms with Crippen molar-refractivity contribution in [1.29, 1.82) is 0 Å². The fraction of sp³-hybridized carbons (Fsp3) is 0. The third-order valence-electron chi connectivity index (χ3n) is 2.97. The Bertz CT molecular complexity index is 860. The summed E-state index contributed by atoms with van der Waals surface area (Å²) in [4.78, 5) is 15.3. The first-order chi connectivity index (χ1) is 10.5. The molecule has 7 heteroatoms. The van der Waals surface area contributed by atoms with Crippen LogP contribution in [-0.4, -0.2) is 26.3 Å². The largest absolute Gasteiger partial charge is 0.508 e. The molecule has 2 N–H and O–H groups in total. The smallest absolute Gasteiger partial charge is 0.336 e. The molecule has 0 aliphatic carbocycles. The summed E-state index contributed by atoms with van der Waals surface area (Å²) in [7, 11) is 0. The Morgan fingerprint density at radius 3 is 2.73 bits per heavy atom. The molecule has 3 rings (SSSR count). The van der Waals surface area contributed by atoms with Crippen molar-refractivity contribution in [2.75, 3.05) is 0 Å². The molecule has 0 unspecified atom stereocenters. The number of phenolic OH excluding ortho intramolecular Hbond substituents is 1. The second kappa shape index (κ2) is 5.28. The van der Waals surface area contributed by atoms with E-state index in [1.54, 1.807) is 6.07 Å². The van der Waals surface area contributed by atoms with Crippen molar-refractivity contribution >= 4 is 5.97 Å². The Morgan fingerprint density at radius 2 is 2.00 bits per heavy atom. The van der Waals surface area contributed by atoms with Gasteiger partial charge in [0.05, 0.1) is 5.56 Å². The lowest BCUT2D eigenvalue weighted by atomic mass is 10.1. The summed E-state index contributed by atoms with van der Waals surface area (Å²) in [5.74, 6) is -1.73. The Labute approximate surface area is 123 Å². The summed E-state index contributed by atoms with van der Waals surface area (Å²) >= 11 is 0. The average Bonchev–Trinajstić information content (AvgIpc) is 2.96. The Kier molecular flexibility index (Phi) is 3.30. The summed E-state index contributed by atoms with van der Waals surface area (Å²) in [5, 5.41) is 22.4. The van der Waals surface area contributed by atoms with Gasteiger partial charge in [0.25, 0.3) is 5.89 Å². The monoisotopic (exact) mass is 300 g/mol. The molecule has 0 radical (unpaired) electrons. The van der Waals surface area contributed by atoms with Crippen LogP contribution in [0.15, 0.2) is 47.0 Å². The molecule has 0 spiro atoms. The number of benzene rings is 2. The molecular weight excluding hydrogens is 291 g/mol. The second-order valence-electron chi connectivity index (χ2n) is 4.47. The van der Waals surface area contributed by atoms with Crippen LogP contribution < -0.4 is 0 Å². The molecule has 1 heterocycles. The van der Waals surface area contributed by atoms with Crippen molar-refractivity contribution in [1.82, 2.24) is 10.1 Å². The number of aromatic hydroxyl groups is 1. The number of halogens is 1. The van der Waals surface area contributed by atoms with Crippen molar-refractivity contribution in [3.05, 3.63) is 53.8 Å². The van der Waals surface area contributed by atoms with E-state index in [0.717, 1.165) is 0 Å². The molecule has 0 saturated heterocycles. The van der Waals surface area contributed by atoms with E-state index in [1.807, 2.05) is 0 Å². The van der Waals surface area contributed by atoms with Crippen LogP contribution in [0.2, 0.25) is 0 Å². The maximum absolute atomic E-state index is 13.2. The molecular formula is C15H9FN2O4. The van der Waals surface area contributed by atoms with Gasteiger partial charge in [0.15, 0.2) is 0 Å². The number of aromatic nitrogens is 2. The fourth-order valence-corrected chi connectivity index (χ4v) is 1.98. The van der Waals surface area contributed by atoms with E-state index in [0.29, 0.717) is 5.56 Å². The SMILES string of the molecule is O=C(O)c1ccc(O)cc1-c1noc(-c2cccc(F)c2)n1. The molecule has 0 amide bonds. The van der Waals surface area contributed by atoms with Crippen LogP contribution in [0.3, 0.4) is 0 Å². The van der Waals surface area contributed by atoms with Crippen molar-refractivity contribution in [2.45, 2.75) is 0 Å². The Balaban J connectivity index is 2.08. The first-order valence-electron chi connectivity index (χ1n) is 6.21. The number of hydrogen-bond donors (Lipinski definition) is 2. The normalized spacial score (nSPS) is 10.6. The summed E-state index contributed by atoms with van der Waals surface area (Å²) in [6, 6.07) is 9.29. The molecule has 3 aromatic rings. The maximum atomic E-state index is 13.2. The van der Waals surface area contributed by atoms with Gasteiger partial charge < -0.3 is 14.7 Å². The minimum atomic E-state index is -1.19. The van der Waals surface area contributed by atoms with Gasteiger partial charge in [-0.25, -0.2) is 9.18 Å². The molecule has 0 saturated carbocycles. The topological polar surface area (TPSA) is 96.5 Å². The third kappa shape index (κ3) is 2.51. The molecule has 6 nitrogen and oxygen atoms in total. The van der Waals surface area contributed by atoms with Gasteiger partial charge in [-0.1, -0.05) is 11.2 Å². The lowest BCUT2D eigenvalue weighted by molar-refractivity contribution is 0.0697. The van der Waals surface area contributed by atoms with E-state index < -0.39 is 11.8 Å². The van der Waals surface area contributed by atoms with E-state index in [-0.39, 0.29) is 28.6 Å². The summed E-state index contributed by atoms with van der Waals surface area (Å²) in [5.41, 5.74) is 0.402. The van der Waals surface area contributed by atoms with Crippen LogP contribution in [0.25, 0.3) is 22.8 Å².